The number of hydrogen-bond acceptors (Lipinski definition) is 3. The normalized spacial score (nSPS) is 11.7. The number of carboxylic acid groups (broad SMARTS) is 1. The van der Waals surface area contributed by atoms with Crippen LogP contribution in [0.25, 0.3) is 11.3 Å². The number of rotatable bonds is 2. The van der Waals surface area contributed by atoms with E-state index in [9.17, 15) is 22.8 Å². The number of hydrogen-bond donors (Lipinski definition) is 1. The van der Waals surface area contributed by atoms with E-state index in [0.29, 0.717) is 0 Å². The molecule has 0 aliphatic heterocycles. The minimum Gasteiger partial charge on any atom is -0.477 e. The molecule has 112 valence electrons. The minimum atomic E-state index is -5.01. The van der Waals surface area contributed by atoms with Crippen LogP contribution in [-0.4, -0.2) is 25.4 Å². The SMILES string of the molecule is Cc1c(-c2ccnn2C)cc(C(=O)O)c(=O)n1C(F)(F)F. The fraction of sp³-hybridized carbons (Fsp3) is 0.250. The minimum absolute atomic E-state index is 0.0238. The van der Waals surface area contributed by atoms with Gasteiger partial charge in [0.25, 0.3) is 5.56 Å². The molecule has 6 nitrogen and oxygen atoms in total. The molecule has 2 heterocycles. The fourth-order valence-corrected chi connectivity index (χ4v) is 2.06. The number of carbonyl (C=O) groups is 1. The Labute approximate surface area is 116 Å². The summed E-state index contributed by atoms with van der Waals surface area (Å²) in [5, 5.41) is 12.8. The van der Waals surface area contributed by atoms with Crippen molar-refractivity contribution in [3.8, 4) is 11.3 Å². The average molecular weight is 301 g/mol. The summed E-state index contributed by atoms with van der Waals surface area (Å²) in [4.78, 5) is 22.7. The van der Waals surface area contributed by atoms with E-state index in [-0.39, 0.29) is 11.3 Å². The first-order valence-corrected chi connectivity index (χ1v) is 5.70. The Morgan fingerprint density at radius 2 is 2.00 bits per heavy atom. The molecule has 0 aliphatic rings. The molecule has 2 aromatic rings. The standard InChI is InChI=1S/C12H10F3N3O3/c1-6-7(9-3-4-16-17(9)2)5-8(11(20)21)10(19)18(6)12(13,14)15/h3-5H,1-2H3,(H,20,21). The molecule has 0 bridgehead atoms. The second kappa shape index (κ2) is 4.76. The lowest BCUT2D eigenvalue weighted by Gasteiger charge is -2.17. The van der Waals surface area contributed by atoms with Crippen LogP contribution in [0.3, 0.4) is 0 Å². The van der Waals surface area contributed by atoms with Gasteiger partial charge < -0.3 is 5.11 Å². The predicted octanol–water partition coefficient (Wildman–Crippen LogP) is 1.73. The summed E-state index contributed by atoms with van der Waals surface area (Å²) in [6.45, 7) is 1.10. The fourth-order valence-electron chi connectivity index (χ4n) is 2.06. The number of nitrogens with zero attached hydrogens (tertiary/aromatic N) is 3. The van der Waals surface area contributed by atoms with Crippen LogP contribution in [0.5, 0.6) is 0 Å². The molecule has 1 N–H and O–H groups in total. The van der Waals surface area contributed by atoms with Crippen molar-refractivity contribution in [1.82, 2.24) is 14.3 Å². The van der Waals surface area contributed by atoms with Crippen LogP contribution in [0.1, 0.15) is 16.1 Å². The largest absolute Gasteiger partial charge is 0.491 e. The predicted molar refractivity (Wildman–Crippen MR) is 65.9 cm³/mol. The van der Waals surface area contributed by atoms with Crippen molar-refractivity contribution < 1.29 is 23.1 Å². The molecule has 0 amide bonds. The van der Waals surface area contributed by atoms with E-state index < -0.39 is 33.7 Å². The topological polar surface area (TPSA) is 77.1 Å². The van der Waals surface area contributed by atoms with Crippen molar-refractivity contribution >= 4 is 5.97 Å². The molecule has 0 saturated carbocycles. The van der Waals surface area contributed by atoms with E-state index in [2.05, 4.69) is 5.10 Å². The van der Waals surface area contributed by atoms with Gasteiger partial charge in [0.1, 0.15) is 5.56 Å². The number of carboxylic acids is 1. The van der Waals surface area contributed by atoms with Crippen LogP contribution in [0.4, 0.5) is 13.2 Å². The lowest BCUT2D eigenvalue weighted by molar-refractivity contribution is -0.207. The van der Waals surface area contributed by atoms with Crippen molar-refractivity contribution in [3.05, 3.63) is 39.9 Å². The highest BCUT2D eigenvalue weighted by Crippen LogP contribution is 2.28. The number of aryl methyl sites for hydroxylation is 1. The first-order chi connectivity index (χ1) is 9.64. The number of pyridine rings is 1. The molecular weight excluding hydrogens is 291 g/mol. The molecule has 0 saturated heterocycles. The summed E-state index contributed by atoms with van der Waals surface area (Å²) in [6.07, 6.45) is -3.65. The van der Waals surface area contributed by atoms with Gasteiger partial charge >= 0.3 is 12.3 Å². The van der Waals surface area contributed by atoms with Crippen LogP contribution < -0.4 is 5.56 Å². The Balaban J connectivity index is 2.92. The molecule has 2 rings (SSSR count). The van der Waals surface area contributed by atoms with Gasteiger partial charge in [0.2, 0.25) is 0 Å². The Bertz CT molecular complexity index is 774. The van der Waals surface area contributed by atoms with Crippen molar-refractivity contribution in [3.63, 3.8) is 0 Å². The second-order valence-corrected chi connectivity index (χ2v) is 4.31. The van der Waals surface area contributed by atoms with Gasteiger partial charge in [0, 0.05) is 24.5 Å². The van der Waals surface area contributed by atoms with Crippen molar-refractivity contribution in [2.45, 2.75) is 13.2 Å². The third-order valence-corrected chi connectivity index (χ3v) is 3.03. The summed E-state index contributed by atoms with van der Waals surface area (Å²) >= 11 is 0. The summed E-state index contributed by atoms with van der Waals surface area (Å²) in [7, 11) is 1.50. The highest BCUT2D eigenvalue weighted by atomic mass is 19.4. The molecule has 0 aromatic carbocycles. The molecule has 0 unspecified atom stereocenters. The highest BCUT2D eigenvalue weighted by molar-refractivity contribution is 5.89. The summed E-state index contributed by atoms with van der Waals surface area (Å²) in [6, 6.07) is 2.36. The zero-order valence-electron chi connectivity index (χ0n) is 11.0. The quantitative estimate of drug-likeness (QED) is 0.916. The number of aromatic nitrogens is 3. The molecule has 21 heavy (non-hydrogen) atoms. The molecule has 9 heteroatoms. The number of halogens is 3. The Morgan fingerprint density at radius 3 is 2.43 bits per heavy atom. The Kier molecular flexibility index (Phi) is 3.36. The first-order valence-electron chi connectivity index (χ1n) is 5.70. The molecule has 0 spiro atoms. The summed E-state index contributed by atoms with van der Waals surface area (Å²) < 4.78 is 39.9. The molecule has 0 atom stereocenters. The number of aromatic carboxylic acids is 1. The molecule has 0 fully saturated rings. The van der Waals surface area contributed by atoms with Crippen LogP contribution in [0.15, 0.2) is 23.1 Å². The van der Waals surface area contributed by atoms with Gasteiger partial charge in [-0.25, -0.2) is 9.36 Å². The number of alkyl halides is 3. The van der Waals surface area contributed by atoms with Crippen LogP contribution in [-0.2, 0) is 13.3 Å². The smallest absolute Gasteiger partial charge is 0.477 e. The molecule has 2 aromatic heterocycles. The van der Waals surface area contributed by atoms with E-state index in [4.69, 9.17) is 5.11 Å². The Hall–Kier alpha value is -2.58. The van der Waals surface area contributed by atoms with Crippen molar-refractivity contribution in [2.75, 3.05) is 0 Å². The maximum Gasteiger partial charge on any atom is 0.491 e. The lowest BCUT2D eigenvalue weighted by atomic mass is 10.1. The summed E-state index contributed by atoms with van der Waals surface area (Å²) in [5.74, 6) is -1.72. The van der Waals surface area contributed by atoms with E-state index in [1.807, 2.05) is 0 Å². The zero-order chi connectivity index (χ0) is 15.9. The van der Waals surface area contributed by atoms with Crippen LogP contribution in [0.2, 0.25) is 0 Å². The summed E-state index contributed by atoms with van der Waals surface area (Å²) in [5.41, 5.74) is -2.72. The van der Waals surface area contributed by atoms with E-state index in [0.717, 1.165) is 13.0 Å². The van der Waals surface area contributed by atoms with Gasteiger partial charge in [-0.15, -0.1) is 13.2 Å². The van der Waals surface area contributed by atoms with Crippen molar-refractivity contribution in [1.29, 1.82) is 0 Å². The third-order valence-electron chi connectivity index (χ3n) is 3.03. The van der Waals surface area contributed by atoms with E-state index in [1.165, 1.54) is 24.0 Å². The first kappa shape index (κ1) is 14.8. The average Bonchev–Trinajstić information content (AvgIpc) is 2.73. The van der Waals surface area contributed by atoms with Gasteiger partial charge in [-0.05, 0) is 19.1 Å². The highest BCUT2D eigenvalue weighted by Gasteiger charge is 2.36. The molecule has 0 aliphatic carbocycles. The van der Waals surface area contributed by atoms with Crippen molar-refractivity contribution in [2.24, 2.45) is 7.05 Å². The monoisotopic (exact) mass is 301 g/mol. The molecular formula is C12H10F3N3O3. The van der Waals surface area contributed by atoms with Gasteiger partial charge in [0.15, 0.2) is 0 Å². The third kappa shape index (κ3) is 2.41. The van der Waals surface area contributed by atoms with E-state index >= 15 is 0 Å². The maximum atomic E-state index is 13.0. The van der Waals surface area contributed by atoms with Gasteiger partial charge in [-0.3, -0.25) is 9.48 Å². The maximum absolute atomic E-state index is 13.0. The Morgan fingerprint density at radius 1 is 1.38 bits per heavy atom. The lowest BCUT2D eigenvalue weighted by Crippen LogP contribution is -2.36. The van der Waals surface area contributed by atoms with Gasteiger partial charge in [-0.1, -0.05) is 0 Å². The van der Waals surface area contributed by atoms with Crippen LogP contribution >= 0.6 is 0 Å². The molecule has 0 radical (unpaired) electrons. The zero-order valence-corrected chi connectivity index (χ0v) is 11.0. The van der Waals surface area contributed by atoms with Gasteiger partial charge in [-0.2, -0.15) is 5.10 Å². The second-order valence-electron chi connectivity index (χ2n) is 4.31. The van der Waals surface area contributed by atoms with E-state index in [1.54, 1.807) is 0 Å². The van der Waals surface area contributed by atoms with Crippen LogP contribution in [0, 0.1) is 6.92 Å². The van der Waals surface area contributed by atoms with Gasteiger partial charge in [0.05, 0.1) is 5.69 Å².